The lowest BCUT2D eigenvalue weighted by molar-refractivity contribution is -0.131. The SMILES string of the molecule is [C-]#[N+]c1cnc(/C=C/C(=O)O)cc1-c1cc2c(cc1C)C(C)(C)OCC2(C)C. The van der Waals surface area contributed by atoms with Gasteiger partial charge in [0.15, 0.2) is 0 Å². The number of carbonyl (C=O) groups is 1. The Morgan fingerprint density at radius 2 is 1.93 bits per heavy atom. The molecule has 5 nitrogen and oxygen atoms in total. The first-order chi connectivity index (χ1) is 13.0. The summed E-state index contributed by atoms with van der Waals surface area (Å²) in [5, 5.41) is 8.87. The van der Waals surface area contributed by atoms with Crippen LogP contribution in [0.4, 0.5) is 5.69 Å². The molecule has 1 aliphatic rings. The van der Waals surface area contributed by atoms with E-state index in [1.807, 2.05) is 6.92 Å². The van der Waals surface area contributed by atoms with Crippen molar-refractivity contribution in [2.45, 2.75) is 45.6 Å². The van der Waals surface area contributed by atoms with Gasteiger partial charge in [0, 0.05) is 17.7 Å². The maximum atomic E-state index is 10.8. The summed E-state index contributed by atoms with van der Waals surface area (Å²) in [4.78, 5) is 18.6. The van der Waals surface area contributed by atoms with Crippen molar-refractivity contribution >= 4 is 17.7 Å². The summed E-state index contributed by atoms with van der Waals surface area (Å²) >= 11 is 0. The quantitative estimate of drug-likeness (QED) is 0.587. The van der Waals surface area contributed by atoms with Gasteiger partial charge in [-0.05, 0) is 60.7 Å². The van der Waals surface area contributed by atoms with Gasteiger partial charge in [0.05, 0.1) is 24.5 Å². The van der Waals surface area contributed by atoms with E-state index in [0.717, 1.165) is 28.3 Å². The van der Waals surface area contributed by atoms with Gasteiger partial charge >= 0.3 is 5.97 Å². The molecule has 0 saturated heterocycles. The Morgan fingerprint density at radius 3 is 2.57 bits per heavy atom. The average molecular weight is 376 g/mol. The van der Waals surface area contributed by atoms with Crippen LogP contribution in [0.2, 0.25) is 0 Å². The minimum absolute atomic E-state index is 0.148. The standard InChI is InChI=1S/C23H24N2O3/c1-14-9-19-18(22(2,3)13-28-23(19,4)5)11-16(14)17-10-15(7-8-21(26)27)25-12-20(17)24-6/h7-12H,13H2,1-5H3,(H,26,27)/b8-7+. The number of carboxylic acid groups (broad SMARTS) is 1. The molecule has 2 aromatic rings. The van der Waals surface area contributed by atoms with E-state index < -0.39 is 5.97 Å². The van der Waals surface area contributed by atoms with Gasteiger partial charge in [0.1, 0.15) is 0 Å². The van der Waals surface area contributed by atoms with Gasteiger partial charge in [-0.3, -0.25) is 4.98 Å². The van der Waals surface area contributed by atoms with Crippen LogP contribution in [-0.2, 0) is 20.5 Å². The predicted octanol–water partition coefficient (Wildman–Crippen LogP) is 5.25. The number of hydrogen-bond donors (Lipinski definition) is 1. The molecule has 28 heavy (non-hydrogen) atoms. The van der Waals surface area contributed by atoms with Crippen LogP contribution in [0.15, 0.2) is 30.5 Å². The molecule has 1 N–H and O–H groups in total. The first-order valence-electron chi connectivity index (χ1n) is 9.13. The fraction of sp³-hybridized carbons (Fsp3) is 0.348. The van der Waals surface area contributed by atoms with E-state index in [9.17, 15) is 4.79 Å². The second-order valence-electron chi connectivity index (χ2n) is 8.31. The topological polar surface area (TPSA) is 63.8 Å². The van der Waals surface area contributed by atoms with Crippen molar-refractivity contribution in [1.82, 2.24) is 4.98 Å². The molecular weight excluding hydrogens is 352 g/mol. The number of nitrogens with zero attached hydrogens (tertiary/aromatic N) is 2. The first kappa shape index (κ1) is 19.8. The van der Waals surface area contributed by atoms with Gasteiger partial charge in [0.25, 0.3) is 0 Å². The Labute approximate surface area is 165 Å². The molecule has 0 unspecified atom stereocenters. The van der Waals surface area contributed by atoms with Gasteiger partial charge in [-0.1, -0.05) is 26.0 Å². The Kier molecular flexibility index (Phi) is 4.86. The Morgan fingerprint density at radius 1 is 1.21 bits per heavy atom. The fourth-order valence-corrected chi connectivity index (χ4v) is 3.59. The summed E-state index contributed by atoms with van der Waals surface area (Å²) in [5.74, 6) is -1.04. The van der Waals surface area contributed by atoms with Crippen LogP contribution in [0, 0.1) is 13.5 Å². The van der Waals surface area contributed by atoms with E-state index in [-0.39, 0.29) is 11.0 Å². The maximum Gasteiger partial charge on any atom is 0.328 e. The summed E-state index contributed by atoms with van der Waals surface area (Å²) in [5.41, 5.74) is 5.56. The largest absolute Gasteiger partial charge is 0.478 e. The van der Waals surface area contributed by atoms with Gasteiger partial charge in [-0.15, -0.1) is 0 Å². The number of fused-ring (bicyclic) bond motifs is 1. The molecule has 0 atom stereocenters. The lowest BCUT2D eigenvalue weighted by Crippen LogP contribution is -2.40. The van der Waals surface area contributed by atoms with Crippen molar-refractivity contribution in [3.63, 3.8) is 0 Å². The van der Waals surface area contributed by atoms with Crippen LogP contribution in [0.25, 0.3) is 22.0 Å². The van der Waals surface area contributed by atoms with Gasteiger partial charge in [0.2, 0.25) is 5.69 Å². The molecule has 0 aliphatic carbocycles. The average Bonchev–Trinajstić information content (AvgIpc) is 2.63. The number of hydrogen-bond acceptors (Lipinski definition) is 3. The second-order valence-corrected chi connectivity index (χ2v) is 8.31. The molecule has 0 bridgehead atoms. The van der Waals surface area contributed by atoms with Crippen molar-refractivity contribution in [3.8, 4) is 11.1 Å². The molecule has 1 aliphatic heterocycles. The van der Waals surface area contributed by atoms with Gasteiger partial charge in [-0.2, -0.15) is 0 Å². The summed E-state index contributed by atoms with van der Waals surface area (Å²) in [6.45, 7) is 18.6. The summed E-state index contributed by atoms with van der Waals surface area (Å²) < 4.78 is 6.10. The zero-order valence-electron chi connectivity index (χ0n) is 16.8. The number of benzene rings is 1. The number of aromatic nitrogens is 1. The van der Waals surface area contributed by atoms with Crippen LogP contribution in [0.5, 0.6) is 0 Å². The molecule has 2 heterocycles. The number of pyridine rings is 1. The van der Waals surface area contributed by atoms with Gasteiger partial charge in [-0.25, -0.2) is 9.64 Å². The second kappa shape index (κ2) is 6.88. The van der Waals surface area contributed by atoms with Crippen LogP contribution < -0.4 is 0 Å². The highest BCUT2D eigenvalue weighted by Gasteiger charge is 2.38. The fourth-order valence-electron chi connectivity index (χ4n) is 3.59. The molecule has 0 fully saturated rings. The van der Waals surface area contributed by atoms with E-state index in [2.05, 4.69) is 49.7 Å². The van der Waals surface area contributed by atoms with E-state index in [1.54, 1.807) is 6.07 Å². The molecule has 1 aromatic carbocycles. The van der Waals surface area contributed by atoms with E-state index >= 15 is 0 Å². The Balaban J connectivity index is 2.24. The van der Waals surface area contributed by atoms with Crippen LogP contribution in [-0.4, -0.2) is 22.7 Å². The van der Waals surface area contributed by atoms with Crippen LogP contribution >= 0.6 is 0 Å². The maximum absolute atomic E-state index is 10.8. The number of carboxylic acids is 1. The number of rotatable bonds is 3. The third-order valence-electron chi connectivity index (χ3n) is 5.25. The summed E-state index contributed by atoms with van der Waals surface area (Å²) in [6.07, 6.45) is 3.99. The first-order valence-corrected chi connectivity index (χ1v) is 9.13. The number of aliphatic carboxylic acids is 1. The zero-order chi connectivity index (χ0) is 20.7. The third-order valence-corrected chi connectivity index (χ3v) is 5.25. The van der Waals surface area contributed by atoms with Crippen molar-refractivity contribution in [2.24, 2.45) is 0 Å². The summed E-state index contributed by atoms with van der Waals surface area (Å²) in [7, 11) is 0. The predicted molar refractivity (Wildman–Crippen MR) is 109 cm³/mol. The molecule has 5 heteroatoms. The van der Waals surface area contributed by atoms with E-state index in [0.29, 0.717) is 18.0 Å². The Bertz CT molecular complexity index is 1030. The smallest absolute Gasteiger partial charge is 0.328 e. The molecule has 1 aromatic heterocycles. The minimum Gasteiger partial charge on any atom is -0.478 e. The molecular formula is C23H24N2O3. The highest BCUT2D eigenvalue weighted by atomic mass is 16.5. The zero-order valence-corrected chi connectivity index (χ0v) is 16.8. The van der Waals surface area contributed by atoms with Gasteiger partial charge < -0.3 is 9.84 Å². The third kappa shape index (κ3) is 3.56. The molecule has 0 radical (unpaired) electrons. The van der Waals surface area contributed by atoms with Crippen molar-refractivity contribution < 1.29 is 14.6 Å². The van der Waals surface area contributed by atoms with Crippen molar-refractivity contribution in [2.75, 3.05) is 6.61 Å². The van der Waals surface area contributed by atoms with Crippen LogP contribution in [0.1, 0.15) is 50.1 Å². The molecule has 3 rings (SSSR count). The number of ether oxygens (including phenoxy) is 1. The Hall–Kier alpha value is -2.97. The highest BCUT2D eigenvalue weighted by molar-refractivity contribution is 5.87. The lowest BCUT2D eigenvalue weighted by Gasteiger charge is -2.42. The number of aryl methyl sites for hydroxylation is 1. The van der Waals surface area contributed by atoms with E-state index in [1.165, 1.54) is 17.8 Å². The molecule has 144 valence electrons. The molecule has 0 spiro atoms. The summed E-state index contributed by atoms with van der Waals surface area (Å²) in [6, 6.07) is 6.08. The lowest BCUT2D eigenvalue weighted by atomic mass is 9.74. The minimum atomic E-state index is -1.04. The van der Waals surface area contributed by atoms with Crippen molar-refractivity contribution in [3.05, 3.63) is 64.3 Å². The highest BCUT2D eigenvalue weighted by Crippen LogP contribution is 2.45. The monoisotopic (exact) mass is 376 g/mol. The molecule has 0 amide bonds. The molecule has 0 saturated carbocycles. The normalized spacial score (nSPS) is 17.1. The van der Waals surface area contributed by atoms with Crippen LogP contribution in [0.3, 0.4) is 0 Å². The van der Waals surface area contributed by atoms with Crippen molar-refractivity contribution in [1.29, 1.82) is 0 Å². The van der Waals surface area contributed by atoms with E-state index in [4.69, 9.17) is 16.4 Å².